The average molecular weight is 338 g/mol. The Hall–Kier alpha value is -2.50. The lowest BCUT2D eigenvalue weighted by Crippen LogP contribution is -2.17. The van der Waals surface area contributed by atoms with Crippen molar-refractivity contribution >= 4 is 17.0 Å². The summed E-state index contributed by atoms with van der Waals surface area (Å²) in [4.78, 5) is 12.7. The zero-order chi connectivity index (χ0) is 16.9. The van der Waals surface area contributed by atoms with Gasteiger partial charge in [0.05, 0.1) is 4.92 Å². The van der Waals surface area contributed by atoms with Gasteiger partial charge in [0.15, 0.2) is 0 Å². The Morgan fingerprint density at radius 3 is 2.42 bits per heavy atom. The van der Waals surface area contributed by atoms with Crippen molar-refractivity contribution in [1.29, 1.82) is 0 Å². The van der Waals surface area contributed by atoms with Gasteiger partial charge in [0.1, 0.15) is 0 Å². The summed E-state index contributed by atoms with van der Waals surface area (Å²) in [7, 11) is 0. The van der Waals surface area contributed by atoms with E-state index in [-0.39, 0.29) is 16.7 Å². The van der Waals surface area contributed by atoms with E-state index >= 15 is 0 Å². The van der Waals surface area contributed by atoms with Crippen molar-refractivity contribution in [2.75, 3.05) is 0 Å². The molecule has 3 rings (SSSR count). The van der Waals surface area contributed by atoms with Crippen molar-refractivity contribution in [3.63, 3.8) is 0 Å². The van der Waals surface area contributed by atoms with Crippen molar-refractivity contribution in [2.45, 2.75) is 19.5 Å². The Morgan fingerprint density at radius 1 is 1.04 bits per heavy atom. The van der Waals surface area contributed by atoms with Crippen LogP contribution in [-0.2, 0) is 6.54 Å². The number of benzene rings is 2. The topological polar surface area (TPSA) is 55.2 Å². The monoisotopic (exact) mass is 338 g/mol. The molecule has 0 bridgehead atoms. The number of nitrogens with zero attached hydrogens (tertiary/aromatic N) is 1. The number of hydrogen-bond donors (Lipinski definition) is 1. The number of non-ortho nitro benzene ring substituents is 1. The van der Waals surface area contributed by atoms with Gasteiger partial charge in [-0.2, -0.15) is 0 Å². The smallest absolute Gasteiger partial charge is 0.269 e. The molecular formula is C19H18N2O2S. The summed E-state index contributed by atoms with van der Waals surface area (Å²) in [6, 6.07) is 21.5. The van der Waals surface area contributed by atoms with Crippen LogP contribution < -0.4 is 5.32 Å². The van der Waals surface area contributed by atoms with Gasteiger partial charge in [0.2, 0.25) is 0 Å². The molecular weight excluding hydrogens is 320 g/mol. The molecule has 0 radical (unpaired) electrons. The molecule has 0 aliphatic carbocycles. The Bertz CT molecular complexity index is 813. The van der Waals surface area contributed by atoms with Crippen LogP contribution in [0.4, 0.5) is 5.69 Å². The third kappa shape index (κ3) is 3.88. The normalized spacial score (nSPS) is 12.0. The number of thiophene rings is 1. The molecule has 0 unspecified atom stereocenters. The second-order valence-corrected chi connectivity index (χ2v) is 6.75. The van der Waals surface area contributed by atoms with Crippen LogP contribution in [0.1, 0.15) is 23.4 Å². The Morgan fingerprint density at radius 2 is 1.75 bits per heavy atom. The molecule has 24 heavy (non-hydrogen) atoms. The fourth-order valence-electron chi connectivity index (χ4n) is 2.49. The fourth-order valence-corrected chi connectivity index (χ4v) is 3.45. The summed E-state index contributed by atoms with van der Waals surface area (Å²) in [5.41, 5.74) is 2.39. The second-order valence-electron chi connectivity index (χ2n) is 5.58. The maximum absolute atomic E-state index is 10.7. The highest BCUT2D eigenvalue weighted by Gasteiger charge is 2.08. The highest BCUT2D eigenvalue weighted by atomic mass is 32.1. The molecule has 0 saturated heterocycles. The van der Waals surface area contributed by atoms with Crippen LogP contribution in [0.25, 0.3) is 10.4 Å². The van der Waals surface area contributed by atoms with Crippen LogP contribution in [0.3, 0.4) is 0 Å². The summed E-state index contributed by atoms with van der Waals surface area (Å²) in [5.74, 6) is 0. The molecule has 1 aromatic heterocycles. The predicted molar refractivity (Wildman–Crippen MR) is 98.1 cm³/mol. The molecule has 0 aliphatic rings. The van der Waals surface area contributed by atoms with Gasteiger partial charge < -0.3 is 5.32 Å². The molecule has 1 heterocycles. The highest BCUT2D eigenvalue weighted by Crippen LogP contribution is 2.29. The van der Waals surface area contributed by atoms with Gasteiger partial charge in [0.25, 0.3) is 5.69 Å². The highest BCUT2D eigenvalue weighted by molar-refractivity contribution is 7.15. The maximum Gasteiger partial charge on any atom is 0.269 e. The second kappa shape index (κ2) is 7.38. The summed E-state index contributed by atoms with van der Waals surface area (Å²) in [6.45, 7) is 2.95. The molecule has 0 saturated carbocycles. The molecule has 1 N–H and O–H groups in total. The molecule has 0 fully saturated rings. The number of nitro groups is 1. The van der Waals surface area contributed by atoms with E-state index in [1.807, 2.05) is 18.2 Å². The molecule has 4 nitrogen and oxygen atoms in total. The SMILES string of the molecule is C[C@@H](NCc1ccc(-c2ccc([N+](=O)[O-])cc2)s1)c1ccccc1. The zero-order valence-electron chi connectivity index (χ0n) is 13.3. The Kier molecular flexibility index (Phi) is 5.03. The van der Waals surface area contributed by atoms with Crippen LogP contribution >= 0.6 is 11.3 Å². The quantitative estimate of drug-likeness (QED) is 0.498. The van der Waals surface area contributed by atoms with Crippen LogP contribution in [0, 0.1) is 10.1 Å². The Balaban J connectivity index is 1.64. The molecule has 0 aliphatic heterocycles. The lowest BCUT2D eigenvalue weighted by atomic mass is 10.1. The number of nitro benzene ring substituents is 1. The first kappa shape index (κ1) is 16.4. The minimum Gasteiger partial charge on any atom is -0.305 e. The average Bonchev–Trinajstić information content (AvgIpc) is 3.09. The first-order valence-corrected chi connectivity index (χ1v) is 8.57. The van der Waals surface area contributed by atoms with Crippen LogP contribution in [0.2, 0.25) is 0 Å². The number of hydrogen-bond acceptors (Lipinski definition) is 4. The first-order chi connectivity index (χ1) is 11.6. The largest absolute Gasteiger partial charge is 0.305 e. The molecule has 3 aromatic rings. The third-order valence-electron chi connectivity index (χ3n) is 3.91. The fraction of sp³-hybridized carbons (Fsp3) is 0.158. The van der Waals surface area contributed by atoms with Crippen molar-refractivity contribution in [1.82, 2.24) is 5.32 Å². The van der Waals surface area contributed by atoms with Gasteiger partial charge in [-0.1, -0.05) is 30.3 Å². The van der Waals surface area contributed by atoms with Crippen LogP contribution in [0.15, 0.2) is 66.7 Å². The Labute approximate surface area is 144 Å². The van der Waals surface area contributed by atoms with E-state index in [4.69, 9.17) is 0 Å². The van der Waals surface area contributed by atoms with Crippen molar-refractivity contribution in [2.24, 2.45) is 0 Å². The predicted octanol–water partition coefficient (Wildman–Crippen LogP) is 5.17. The molecule has 1 atom stereocenters. The first-order valence-electron chi connectivity index (χ1n) is 7.75. The van der Waals surface area contributed by atoms with E-state index in [0.29, 0.717) is 0 Å². The minimum atomic E-state index is -0.376. The van der Waals surface area contributed by atoms with E-state index in [2.05, 4.69) is 36.5 Å². The molecule has 122 valence electrons. The van der Waals surface area contributed by atoms with E-state index < -0.39 is 0 Å². The lowest BCUT2D eigenvalue weighted by molar-refractivity contribution is -0.384. The van der Waals surface area contributed by atoms with Crippen molar-refractivity contribution < 1.29 is 4.92 Å². The molecule has 5 heteroatoms. The zero-order valence-corrected chi connectivity index (χ0v) is 14.1. The van der Waals surface area contributed by atoms with E-state index in [0.717, 1.165) is 17.0 Å². The maximum atomic E-state index is 10.7. The summed E-state index contributed by atoms with van der Waals surface area (Å²) in [6.07, 6.45) is 0. The summed E-state index contributed by atoms with van der Waals surface area (Å²) >= 11 is 1.71. The molecule has 0 spiro atoms. The summed E-state index contributed by atoms with van der Waals surface area (Å²) < 4.78 is 0. The third-order valence-corrected chi connectivity index (χ3v) is 5.04. The van der Waals surface area contributed by atoms with Gasteiger partial charge >= 0.3 is 0 Å². The minimum absolute atomic E-state index is 0.119. The number of rotatable bonds is 6. The lowest BCUT2D eigenvalue weighted by Gasteiger charge is -2.13. The molecule has 0 amide bonds. The van der Waals surface area contributed by atoms with E-state index in [1.54, 1.807) is 35.6 Å². The van der Waals surface area contributed by atoms with Crippen molar-refractivity contribution in [3.8, 4) is 10.4 Å². The van der Waals surface area contributed by atoms with Crippen molar-refractivity contribution in [3.05, 3.63) is 87.3 Å². The van der Waals surface area contributed by atoms with Gasteiger partial charge in [-0.3, -0.25) is 10.1 Å². The summed E-state index contributed by atoms with van der Waals surface area (Å²) in [5, 5.41) is 14.2. The van der Waals surface area contributed by atoms with Crippen LogP contribution in [0.5, 0.6) is 0 Å². The van der Waals surface area contributed by atoms with Gasteiger partial charge in [0, 0.05) is 34.5 Å². The van der Waals surface area contributed by atoms with Gasteiger partial charge in [-0.05, 0) is 42.3 Å². The van der Waals surface area contributed by atoms with Crippen LogP contribution in [-0.4, -0.2) is 4.92 Å². The number of nitrogens with one attached hydrogen (secondary N) is 1. The van der Waals surface area contributed by atoms with E-state index in [1.165, 1.54) is 10.4 Å². The van der Waals surface area contributed by atoms with E-state index in [9.17, 15) is 10.1 Å². The van der Waals surface area contributed by atoms with Gasteiger partial charge in [-0.25, -0.2) is 0 Å². The molecule has 2 aromatic carbocycles. The standard InChI is InChI=1S/C19H18N2O2S/c1-14(15-5-3-2-4-6-15)20-13-18-11-12-19(24-18)16-7-9-17(10-8-16)21(22)23/h2-12,14,20H,13H2,1H3/t14-/m1/s1. The van der Waals surface area contributed by atoms with Gasteiger partial charge in [-0.15, -0.1) is 11.3 Å².